The number of imidazole rings is 1. The monoisotopic (exact) mass is 507 g/mol. The number of rotatable bonds is 7. The lowest BCUT2D eigenvalue weighted by Crippen LogP contribution is -2.49. The van der Waals surface area contributed by atoms with Gasteiger partial charge in [0.2, 0.25) is 11.8 Å². The van der Waals surface area contributed by atoms with Gasteiger partial charge in [0, 0.05) is 30.9 Å². The van der Waals surface area contributed by atoms with E-state index in [0.29, 0.717) is 16.8 Å². The van der Waals surface area contributed by atoms with Crippen molar-refractivity contribution in [3.05, 3.63) is 60.2 Å². The highest BCUT2D eigenvalue weighted by Crippen LogP contribution is 2.27. The SMILES string of the molecule is NC(=O)c1cc(-c2c[nH]cn2)cnc1O[C@H]1CCN(C(=O)Cc2ccc(OC(F)(F)F)cc2)C[C@@H]1F. The molecule has 0 radical (unpaired) electrons. The lowest BCUT2D eigenvalue weighted by molar-refractivity contribution is -0.274. The Morgan fingerprint density at radius 2 is 1.94 bits per heavy atom. The first-order valence-electron chi connectivity index (χ1n) is 10.8. The Balaban J connectivity index is 1.36. The van der Waals surface area contributed by atoms with Gasteiger partial charge >= 0.3 is 6.36 Å². The Labute approximate surface area is 202 Å². The molecule has 0 aliphatic carbocycles. The van der Waals surface area contributed by atoms with Crippen LogP contribution in [0.1, 0.15) is 22.3 Å². The molecule has 0 unspecified atom stereocenters. The summed E-state index contributed by atoms with van der Waals surface area (Å²) in [5.41, 5.74) is 6.94. The Bertz CT molecular complexity index is 1220. The number of amides is 2. The molecule has 9 nitrogen and oxygen atoms in total. The largest absolute Gasteiger partial charge is 0.573 e. The van der Waals surface area contributed by atoms with Crippen LogP contribution in [0.15, 0.2) is 49.1 Å². The number of likely N-dealkylation sites (tertiary alicyclic amines) is 1. The van der Waals surface area contributed by atoms with E-state index in [0.717, 1.165) is 12.1 Å². The second kappa shape index (κ2) is 10.2. The van der Waals surface area contributed by atoms with Gasteiger partial charge in [-0.2, -0.15) is 0 Å². The average molecular weight is 507 g/mol. The lowest BCUT2D eigenvalue weighted by Gasteiger charge is -2.34. The molecule has 0 bridgehead atoms. The summed E-state index contributed by atoms with van der Waals surface area (Å²) in [7, 11) is 0. The number of primary amides is 1. The zero-order valence-electron chi connectivity index (χ0n) is 18.7. The summed E-state index contributed by atoms with van der Waals surface area (Å²) in [6, 6.07) is 6.35. The number of alkyl halides is 4. The zero-order chi connectivity index (χ0) is 25.9. The predicted octanol–water partition coefficient (Wildman–Crippen LogP) is 3.03. The summed E-state index contributed by atoms with van der Waals surface area (Å²) < 4.78 is 61.2. The Morgan fingerprint density at radius 1 is 1.19 bits per heavy atom. The third-order valence-corrected chi connectivity index (χ3v) is 5.52. The van der Waals surface area contributed by atoms with Crippen LogP contribution in [0.3, 0.4) is 0 Å². The number of benzene rings is 1. The maximum atomic E-state index is 14.9. The van der Waals surface area contributed by atoms with Crippen molar-refractivity contribution in [2.75, 3.05) is 13.1 Å². The van der Waals surface area contributed by atoms with E-state index >= 15 is 0 Å². The number of H-pyrrole nitrogens is 1. The number of hydrogen-bond donors (Lipinski definition) is 2. The van der Waals surface area contributed by atoms with Crippen LogP contribution in [-0.4, -0.2) is 63.4 Å². The van der Waals surface area contributed by atoms with Crippen LogP contribution in [0, 0.1) is 0 Å². The number of nitrogens with zero attached hydrogens (tertiary/aromatic N) is 3. The van der Waals surface area contributed by atoms with Crippen molar-refractivity contribution in [1.29, 1.82) is 0 Å². The molecule has 1 saturated heterocycles. The zero-order valence-corrected chi connectivity index (χ0v) is 18.7. The number of aromatic amines is 1. The maximum absolute atomic E-state index is 14.9. The molecule has 2 amide bonds. The summed E-state index contributed by atoms with van der Waals surface area (Å²) in [4.78, 5) is 36.8. The highest BCUT2D eigenvalue weighted by atomic mass is 19.4. The van der Waals surface area contributed by atoms with Gasteiger partial charge in [-0.05, 0) is 23.8 Å². The molecular formula is C23H21F4N5O4. The van der Waals surface area contributed by atoms with Crippen molar-refractivity contribution in [2.24, 2.45) is 5.73 Å². The van der Waals surface area contributed by atoms with Crippen LogP contribution in [0.4, 0.5) is 17.6 Å². The molecule has 1 fully saturated rings. The van der Waals surface area contributed by atoms with E-state index in [-0.39, 0.29) is 43.3 Å². The molecule has 1 aliphatic rings. The van der Waals surface area contributed by atoms with E-state index < -0.39 is 30.3 Å². The molecule has 36 heavy (non-hydrogen) atoms. The Kier molecular flexibility index (Phi) is 7.08. The Morgan fingerprint density at radius 3 is 2.56 bits per heavy atom. The minimum atomic E-state index is -4.81. The van der Waals surface area contributed by atoms with E-state index in [1.54, 1.807) is 6.20 Å². The van der Waals surface area contributed by atoms with Crippen molar-refractivity contribution in [2.45, 2.75) is 31.5 Å². The van der Waals surface area contributed by atoms with Crippen molar-refractivity contribution < 1.29 is 36.6 Å². The van der Waals surface area contributed by atoms with E-state index in [9.17, 15) is 27.2 Å². The number of nitrogens with one attached hydrogen (secondary N) is 1. The highest BCUT2D eigenvalue weighted by Gasteiger charge is 2.34. The second-order valence-corrected chi connectivity index (χ2v) is 8.06. The summed E-state index contributed by atoms with van der Waals surface area (Å²) in [5.74, 6) is -1.71. The number of nitrogens with two attached hydrogens (primary N) is 1. The molecule has 2 atom stereocenters. The molecule has 13 heteroatoms. The smallest absolute Gasteiger partial charge is 0.471 e. The van der Waals surface area contributed by atoms with E-state index in [1.807, 2.05) is 0 Å². The summed E-state index contributed by atoms with van der Waals surface area (Å²) in [5, 5.41) is 0. The lowest BCUT2D eigenvalue weighted by atomic mass is 10.0. The van der Waals surface area contributed by atoms with Crippen molar-refractivity contribution in [3.63, 3.8) is 0 Å². The first-order valence-corrected chi connectivity index (χ1v) is 10.8. The summed E-state index contributed by atoms with van der Waals surface area (Å²) >= 11 is 0. The molecule has 2 aromatic heterocycles. The predicted molar refractivity (Wildman–Crippen MR) is 118 cm³/mol. The number of carbonyl (C=O) groups is 2. The van der Waals surface area contributed by atoms with Gasteiger partial charge in [-0.25, -0.2) is 14.4 Å². The van der Waals surface area contributed by atoms with E-state index in [1.165, 1.54) is 35.6 Å². The molecule has 1 aromatic carbocycles. The first-order chi connectivity index (χ1) is 17.1. The Hall–Kier alpha value is -4.16. The minimum Gasteiger partial charge on any atom is -0.471 e. The van der Waals surface area contributed by atoms with Crippen molar-refractivity contribution in [1.82, 2.24) is 19.9 Å². The second-order valence-electron chi connectivity index (χ2n) is 8.06. The number of pyridine rings is 1. The number of hydrogen-bond acceptors (Lipinski definition) is 6. The average Bonchev–Trinajstić information content (AvgIpc) is 3.36. The molecule has 1 aliphatic heterocycles. The highest BCUT2D eigenvalue weighted by molar-refractivity contribution is 5.96. The van der Waals surface area contributed by atoms with Crippen LogP contribution in [0.25, 0.3) is 11.3 Å². The fourth-order valence-corrected chi connectivity index (χ4v) is 3.76. The molecule has 0 spiro atoms. The topological polar surface area (TPSA) is 123 Å². The molecule has 3 aromatic rings. The van der Waals surface area contributed by atoms with E-state index in [4.69, 9.17) is 10.5 Å². The summed E-state index contributed by atoms with van der Waals surface area (Å²) in [6.45, 7) is -0.0769. The van der Waals surface area contributed by atoms with Crippen LogP contribution in [0.5, 0.6) is 11.6 Å². The van der Waals surface area contributed by atoms with Crippen LogP contribution < -0.4 is 15.2 Å². The van der Waals surface area contributed by atoms with Gasteiger partial charge in [0.1, 0.15) is 17.4 Å². The third kappa shape index (κ3) is 6.09. The number of ether oxygens (including phenoxy) is 2. The van der Waals surface area contributed by atoms with Crippen LogP contribution in [0.2, 0.25) is 0 Å². The van der Waals surface area contributed by atoms with Crippen LogP contribution >= 0.6 is 0 Å². The van der Waals surface area contributed by atoms with Gasteiger partial charge in [-0.15, -0.1) is 13.2 Å². The van der Waals surface area contributed by atoms with Gasteiger partial charge in [-0.3, -0.25) is 9.59 Å². The number of carbonyl (C=O) groups excluding carboxylic acids is 2. The molecule has 4 rings (SSSR count). The molecule has 190 valence electrons. The number of piperidine rings is 1. The normalized spacial score (nSPS) is 18.1. The molecular weight excluding hydrogens is 486 g/mol. The van der Waals surface area contributed by atoms with E-state index in [2.05, 4.69) is 19.7 Å². The molecule has 0 saturated carbocycles. The third-order valence-electron chi connectivity index (χ3n) is 5.52. The van der Waals surface area contributed by atoms with Crippen LogP contribution in [-0.2, 0) is 11.2 Å². The van der Waals surface area contributed by atoms with Gasteiger partial charge < -0.3 is 25.1 Å². The maximum Gasteiger partial charge on any atom is 0.573 e. The number of halogens is 4. The quantitative estimate of drug-likeness (QED) is 0.474. The van der Waals surface area contributed by atoms with Gasteiger partial charge in [0.05, 0.1) is 25.0 Å². The fraction of sp³-hybridized carbons (Fsp3) is 0.304. The fourth-order valence-electron chi connectivity index (χ4n) is 3.76. The summed E-state index contributed by atoms with van der Waals surface area (Å²) in [6.07, 6.45) is -2.84. The van der Waals surface area contributed by atoms with Gasteiger partial charge in [0.25, 0.3) is 5.91 Å². The molecule has 3 N–H and O–H groups in total. The minimum absolute atomic E-state index is 0.0286. The number of aromatic nitrogens is 3. The van der Waals surface area contributed by atoms with Gasteiger partial charge in [-0.1, -0.05) is 12.1 Å². The standard InChI is InChI=1S/C23H21F4N5O4/c24-17-11-32(20(33)7-13-1-3-15(4-2-13)36-23(25,26)27)6-5-19(17)35-22-16(21(28)34)8-14(9-30-22)18-10-29-12-31-18/h1-4,8-10,12,17,19H,5-7,11H2,(H2,28,34)(H,29,31)/t17-,19-/m0/s1. The molecule has 3 heterocycles. The van der Waals surface area contributed by atoms with Crippen molar-refractivity contribution in [3.8, 4) is 22.9 Å². The van der Waals surface area contributed by atoms with Gasteiger partial charge in [0.15, 0.2) is 6.17 Å². The van der Waals surface area contributed by atoms with Crippen molar-refractivity contribution >= 4 is 11.8 Å². The first kappa shape index (κ1) is 24.9.